The van der Waals surface area contributed by atoms with E-state index >= 15 is 0 Å². The molecule has 0 amide bonds. The first-order valence-electron chi connectivity index (χ1n) is 9.19. The Morgan fingerprint density at radius 1 is 1.17 bits per heavy atom. The second-order valence-corrected chi connectivity index (χ2v) is 7.78. The minimum absolute atomic E-state index is 0.193. The molecule has 0 aliphatic heterocycles. The molecule has 1 aliphatic rings. The Kier molecular flexibility index (Phi) is 7.02. The van der Waals surface area contributed by atoms with Crippen LogP contribution in [0.3, 0.4) is 0 Å². The Morgan fingerprint density at radius 2 is 1.79 bits per heavy atom. The first kappa shape index (κ1) is 22.8. The third kappa shape index (κ3) is 5.13. The van der Waals surface area contributed by atoms with Crippen molar-refractivity contribution in [3.05, 3.63) is 63.8 Å². The summed E-state index contributed by atoms with van der Waals surface area (Å²) in [6, 6.07) is 6.86. The van der Waals surface area contributed by atoms with E-state index in [1.165, 1.54) is 0 Å². The van der Waals surface area contributed by atoms with Crippen LogP contribution >= 0.6 is 11.6 Å². The molecule has 2 aromatic rings. The standard InChI is InChI=1S/C21H22ClF3N2.C2H2/c1-13(2)8-9-14(3)20(10-11-20)19-16(12-21(23,24)25)18(26-27-19)15-6-4-5-7-17(15)22;1-2/h4-9H,10-12H2,1-3H3,(H,26,27);1-2H/b14-9+;. The van der Waals surface area contributed by atoms with E-state index in [4.69, 9.17) is 11.6 Å². The van der Waals surface area contributed by atoms with Crippen molar-refractivity contribution in [3.8, 4) is 24.1 Å². The molecule has 29 heavy (non-hydrogen) atoms. The zero-order valence-electron chi connectivity index (χ0n) is 16.7. The Morgan fingerprint density at radius 3 is 2.31 bits per heavy atom. The van der Waals surface area contributed by atoms with Gasteiger partial charge < -0.3 is 0 Å². The number of aromatic nitrogens is 2. The number of H-pyrrole nitrogens is 1. The van der Waals surface area contributed by atoms with Crippen LogP contribution in [-0.4, -0.2) is 16.4 Å². The van der Waals surface area contributed by atoms with Crippen LogP contribution in [0.5, 0.6) is 0 Å². The average molecular weight is 421 g/mol. The first-order valence-corrected chi connectivity index (χ1v) is 9.57. The molecule has 0 spiro atoms. The van der Waals surface area contributed by atoms with Crippen LogP contribution in [0.4, 0.5) is 13.2 Å². The number of alkyl halides is 3. The highest BCUT2D eigenvalue weighted by molar-refractivity contribution is 6.33. The second kappa shape index (κ2) is 8.92. The summed E-state index contributed by atoms with van der Waals surface area (Å²) in [5.74, 6) is 0. The van der Waals surface area contributed by atoms with Gasteiger partial charge in [-0.2, -0.15) is 18.3 Å². The van der Waals surface area contributed by atoms with Crippen LogP contribution in [0, 0.1) is 12.8 Å². The Balaban J connectivity index is 0.00000145. The van der Waals surface area contributed by atoms with Crippen LogP contribution in [0.25, 0.3) is 11.3 Å². The fourth-order valence-electron chi connectivity index (χ4n) is 3.43. The van der Waals surface area contributed by atoms with E-state index in [1.54, 1.807) is 24.3 Å². The molecule has 0 bridgehead atoms. The van der Waals surface area contributed by atoms with Crippen molar-refractivity contribution in [3.63, 3.8) is 0 Å². The van der Waals surface area contributed by atoms with Gasteiger partial charge in [0, 0.05) is 22.2 Å². The van der Waals surface area contributed by atoms with Crippen molar-refractivity contribution in [2.75, 3.05) is 0 Å². The van der Waals surface area contributed by atoms with Crippen molar-refractivity contribution in [2.45, 2.75) is 51.6 Å². The molecular formula is C23H24ClF3N2. The molecule has 0 radical (unpaired) electrons. The lowest BCUT2D eigenvalue weighted by molar-refractivity contribution is -0.127. The monoisotopic (exact) mass is 420 g/mol. The van der Waals surface area contributed by atoms with Gasteiger partial charge in [-0.1, -0.05) is 53.1 Å². The minimum atomic E-state index is -4.33. The number of hydrogen-bond donors (Lipinski definition) is 1. The number of rotatable bonds is 5. The molecule has 1 aromatic carbocycles. The normalized spacial score (nSPS) is 15.3. The Bertz CT molecular complexity index is 941. The summed E-state index contributed by atoms with van der Waals surface area (Å²) in [7, 11) is 0. The number of nitrogens with zero attached hydrogens (tertiary/aromatic N) is 1. The van der Waals surface area contributed by atoms with Gasteiger partial charge in [-0.15, -0.1) is 12.8 Å². The SMILES string of the molecule is C#C.CC(C)=C/C=C(\C)C1(c2[nH]nc(-c3ccccc3Cl)c2CC(F)(F)F)CC1. The zero-order chi connectivity index (χ0) is 21.8. The molecule has 1 aromatic heterocycles. The Labute approximate surface area is 174 Å². The predicted molar refractivity (Wildman–Crippen MR) is 113 cm³/mol. The minimum Gasteiger partial charge on any atom is -0.281 e. The van der Waals surface area contributed by atoms with Crippen LogP contribution in [0.1, 0.15) is 44.9 Å². The highest BCUT2D eigenvalue weighted by Crippen LogP contribution is 2.55. The molecule has 1 aliphatic carbocycles. The van der Waals surface area contributed by atoms with Gasteiger partial charge in [-0.3, -0.25) is 5.10 Å². The Hall–Kier alpha value is -2.45. The topological polar surface area (TPSA) is 28.7 Å². The summed E-state index contributed by atoms with van der Waals surface area (Å²) in [5.41, 5.74) is 3.34. The smallest absolute Gasteiger partial charge is 0.281 e. The third-order valence-corrected chi connectivity index (χ3v) is 5.35. The van der Waals surface area contributed by atoms with E-state index in [9.17, 15) is 13.2 Å². The number of allylic oxidation sites excluding steroid dienone is 4. The van der Waals surface area contributed by atoms with Crippen molar-refractivity contribution in [2.24, 2.45) is 0 Å². The molecule has 1 saturated carbocycles. The summed E-state index contributed by atoms with van der Waals surface area (Å²) < 4.78 is 40.1. The number of hydrogen-bond acceptors (Lipinski definition) is 1. The van der Waals surface area contributed by atoms with E-state index < -0.39 is 18.0 Å². The summed E-state index contributed by atoms with van der Waals surface area (Å²) in [4.78, 5) is 0. The van der Waals surface area contributed by atoms with Gasteiger partial charge in [0.2, 0.25) is 0 Å². The van der Waals surface area contributed by atoms with Crippen molar-refractivity contribution >= 4 is 11.6 Å². The molecule has 6 heteroatoms. The maximum atomic E-state index is 13.4. The quantitative estimate of drug-likeness (QED) is 0.408. The molecule has 2 nitrogen and oxygen atoms in total. The number of terminal acetylenes is 1. The van der Waals surface area contributed by atoms with Crippen LogP contribution in [0.15, 0.2) is 47.6 Å². The maximum absolute atomic E-state index is 13.4. The molecule has 1 N–H and O–H groups in total. The number of benzene rings is 1. The fourth-order valence-corrected chi connectivity index (χ4v) is 3.65. The van der Waals surface area contributed by atoms with E-state index in [1.807, 2.05) is 32.9 Å². The highest BCUT2D eigenvalue weighted by atomic mass is 35.5. The van der Waals surface area contributed by atoms with Gasteiger partial charge in [0.25, 0.3) is 0 Å². The van der Waals surface area contributed by atoms with Gasteiger partial charge in [0.15, 0.2) is 0 Å². The first-order chi connectivity index (χ1) is 13.6. The molecule has 3 rings (SSSR count). The molecule has 1 fully saturated rings. The molecule has 154 valence electrons. The van der Waals surface area contributed by atoms with Gasteiger partial charge in [0.1, 0.15) is 0 Å². The average Bonchev–Trinajstić information content (AvgIpc) is 3.37. The second-order valence-electron chi connectivity index (χ2n) is 7.37. The predicted octanol–water partition coefficient (Wildman–Crippen LogP) is 7.03. The number of nitrogens with one attached hydrogen (secondary N) is 1. The molecule has 0 atom stereocenters. The lowest BCUT2D eigenvalue weighted by atomic mass is 9.87. The van der Waals surface area contributed by atoms with Crippen molar-refractivity contribution in [1.29, 1.82) is 0 Å². The number of halogens is 4. The molecule has 0 unspecified atom stereocenters. The summed E-state index contributed by atoms with van der Waals surface area (Å²) in [5, 5.41) is 7.58. The van der Waals surface area contributed by atoms with E-state index in [-0.39, 0.29) is 11.3 Å². The van der Waals surface area contributed by atoms with Gasteiger partial charge >= 0.3 is 6.18 Å². The van der Waals surface area contributed by atoms with E-state index in [0.717, 1.165) is 24.0 Å². The third-order valence-electron chi connectivity index (χ3n) is 5.02. The summed E-state index contributed by atoms with van der Waals surface area (Å²) >= 11 is 6.23. The zero-order valence-corrected chi connectivity index (χ0v) is 17.5. The maximum Gasteiger partial charge on any atom is 0.393 e. The lowest BCUT2D eigenvalue weighted by Gasteiger charge is -2.18. The van der Waals surface area contributed by atoms with E-state index in [0.29, 0.717) is 16.3 Å². The lowest BCUT2D eigenvalue weighted by Crippen LogP contribution is -2.17. The molecule has 0 saturated heterocycles. The van der Waals surface area contributed by atoms with Crippen LogP contribution in [0.2, 0.25) is 5.02 Å². The molecule has 1 heterocycles. The van der Waals surface area contributed by atoms with Gasteiger partial charge in [0.05, 0.1) is 17.1 Å². The van der Waals surface area contributed by atoms with E-state index in [2.05, 4.69) is 23.0 Å². The molecular weight excluding hydrogens is 397 g/mol. The van der Waals surface area contributed by atoms with Crippen molar-refractivity contribution < 1.29 is 13.2 Å². The summed E-state index contributed by atoms with van der Waals surface area (Å²) in [6.45, 7) is 5.95. The van der Waals surface area contributed by atoms with Crippen LogP contribution < -0.4 is 0 Å². The fraction of sp³-hybridized carbons (Fsp3) is 0.348. The largest absolute Gasteiger partial charge is 0.393 e. The van der Waals surface area contributed by atoms with Gasteiger partial charge in [-0.25, -0.2) is 0 Å². The van der Waals surface area contributed by atoms with Gasteiger partial charge in [-0.05, 0) is 39.7 Å². The summed E-state index contributed by atoms with van der Waals surface area (Å²) in [6.07, 6.45) is 8.24. The van der Waals surface area contributed by atoms with Crippen molar-refractivity contribution in [1.82, 2.24) is 10.2 Å². The van der Waals surface area contributed by atoms with Crippen LogP contribution in [-0.2, 0) is 11.8 Å². The number of aromatic amines is 1. The highest BCUT2D eigenvalue weighted by Gasteiger charge is 2.50.